The summed E-state index contributed by atoms with van der Waals surface area (Å²) >= 11 is 0. The molecule has 0 aliphatic carbocycles. The Balaban J connectivity index is 2.68. The van der Waals surface area contributed by atoms with Crippen molar-refractivity contribution in [1.29, 1.82) is 0 Å². The Morgan fingerprint density at radius 2 is 2.12 bits per heavy atom. The van der Waals surface area contributed by atoms with Gasteiger partial charge in [-0.2, -0.15) is 0 Å². The van der Waals surface area contributed by atoms with Crippen LogP contribution in [-0.4, -0.2) is 30.4 Å². The summed E-state index contributed by atoms with van der Waals surface area (Å²) in [5.41, 5.74) is 7.24. The molecule has 1 aromatic carbocycles. The molecule has 0 aliphatic rings. The fourth-order valence-corrected chi connectivity index (χ4v) is 1.41. The summed E-state index contributed by atoms with van der Waals surface area (Å²) in [6.45, 7) is 4.48. The number of rotatable bonds is 4. The van der Waals surface area contributed by atoms with Crippen molar-refractivity contribution in [1.82, 2.24) is 4.90 Å². The molecule has 3 N–H and O–H groups in total. The number of hydrogen-bond acceptors (Lipinski definition) is 3. The molecule has 1 amide bonds. The van der Waals surface area contributed by atoms with Gasteiger partial charge in [0.05, 0.1) is 11.4 Å². The summed E-state index contributed by atoms with van der Waals surface area (Å²) in [5.74, 6) is 0.0609. The number of benzene rings is 1. The highest BCUT2D eigenvalue weighted by Crippen LogP contribution is 2.17. The molecule has 1 unspecified atom stereocenters. The molecular weight excluding hydrogens is 202 g/mol. The van der Waals surface area contributed by atoms with Crippen LogP contribution in [0.1, 0.15) is 13.8 Å². The van der Waals surface area contributed by atoms with Crippen molar-refractivity contribution in [3.63, 3.8) is 0 Å². The number of nitrogen functional groups attached to an aromatic ring is 1. The largest absolute Gasteiger partial charge is 0.397 e. The van der Waals surface area contributed by atoms with E-state index in [1.807, 2.05) is 38.1 Å². The van der Waals surface area contributed by atoms with Crippen LogP contribution in [0.15, 0.2) is 24.3 Å². The number of nitrogens with two attached hydrogens (primary N) is 1. The van der Waals surface area contributed by atoms with Crippen LogP contribution in [0.3, 0.4) is 0 Å². The molecule has 16 heavy (non-hydrogen) atoms. The maximum atomic E-state index is 11.8. The summed E-state index contributed by atoms with van der Waals surface area (Å²) in [6.07, 6.45) is 0. The zero-order valence-corrected chi connectivity index (χ0v) is 10.0. The van der Waals surface area contributed by atoms with Gasteiger partial charge in [0.25, 0.3) is 0 Å². The van der Waals surface area contributed by atoms with Crippen molar-refractivity contribution in [3.05, 3.63) is 24.3 Å². The number of nitrogens with one attached hydrogen (secondary N) is 1. The van der Waals surface area contributed by atoms with Crippen LogP contribution in [0.4, 0.5) is 11.4 Å². The Morgan fingerprint density at radius 1 is 1.50 bits per heavy atom. The van der Waals surface area contributed by atoms with E-state index in [1.54, 1.807) is 11.9 Å². The van der Waals surface area contributed by atoms with Crippen molar-refractivity contribution in [3.8, 4) is 0 Å². The summed E-state index contributed by atoms with van der Waals surface area (Å²) in [5, 5.41) is 3.11. The van der Waals surface area contributed by atoms with Crippen molar-refractivity contribution in [2.24, 2.45) is 0 Å². The minimum absolute atomic E-state index is 0.0609. The first-order valence-corrected chi connectivity index (χ1v) is 5.42. The second-order valence-electron chi connectivity index (χ2n) is 3.81. The average molecular weight is 221 g/mol. The normalized spacial score (nSPS) is 11.9. The fraction of sp³-hybridized carbons (Fsp3) is 0.417. The van der Waals surface area contributed by atoms with Gasteiger partial charge in [-0.25, -0.2) is 0 Å². The minimum Gasteiger partial charge on any atom is -0.397 e. The monoisotopic (exact) mass is 221 g/mol. The second-order valence-corrected chi connectivity index (χ2v) is 3.81. The first-order chi connectivity index (χ1) is 7.56. The molecule has 0 spiro atoms. The van der Waals surface area contributed by atoms with E-state index in [9.17, 15) is 4.79 Å². The number of anilines is 2. The SMILES string of the molecule is CCN(C)C(=O)C(C)Nc1ccccc1N. The molecule has 1 atom stereocenters. The van der Waals surface area contributed by atoms with Gasteiger partial charge in [0.1, 0.15) is 6.04 Å². The third kappa shape index (κ3) is 2.89. The third-order valence-corrected chi connectivity index (χ3v) is 2.55. The molecule has 4 heteroatoms. The van der Waals surface area contributed by atoms with Crippen LogP contribution < -0.4 is 11.1 Å². The first kappa shape index (κ1) is 12.4. The first-order valence-electron chi connectivity index (χ1n) is 5.42. The molecule has 0 saturated carbocycles. The number of para-hydroxylation sites is 2. The Hall–Kier alpha value is -1.71. The summed E-state index contributed by atoms with van der Waals surface area (Å²) in [6, 6.07) is 7.16. The molecule has 0 aliphatic heterocycles. The van der Waals surface area contributed by atoms with Gasteiger partial charge in [-0.15, -0.1) is 0 Å². The van der Waals surface area contributed by atoms with Crippen LogP contribution in [0.25, 0.3) is 0 Å². The summed E-state index contributed by atoms with van der Waals surface area (Å²) < 4.78 is 0. The van der Waals surface area contributed by atoms with E-state index in [-0.39, 0.29) is 11.9 Å². The van der Waals surface area contributed by atoms with Crippen molar-refractivity contribution in [2.75, 3.05) is 24.6 Å². The van der Waals surface area contributed by atoms with Gasteiger partial charge in [0.15, 0.2) is 0 Å². The number of carbonyl (C=O) groups excluding carboxylic acids is 1. The third-order valence-electron chi connectivity index (χ3n) is 2.55. The summed E-state index contributed by atoms with van der Waals surface area (Å²) in [7, 11) is 1.79. The van der Waals surface area contributed by atoms with E-state index in [2.05, 4.69) is 5.32 Å². The highest BCUT2D eigenvalue weighted by Gasteiger charge is 2.16. The lowest BCUT2D eigenvalue weighted by Crippen LogP contribution is -2.38. The summed E-state index contributed by atoms with van der Waals surface area (Å²) in [4.78, 5) is 13.5. The van der Waals surface area contributed by atoms with Crippen LogP contribution >= 0.6 is 0 Å². The molecule has 1 rings (SSSR count). The molecule has 0 bridgehead atoms. The van der Waals surface area contributed by atoms with Crippen LogP contribution in [0.5, 0.6) is 0 Å². The molecule has 0 saturated heterocycles. The standard InChI is InChI=1S/C12H19N3O/c1-4-15(3)12(16)9(2)14-11-8-6-5-7-10(11)13/h5-9,14H,4,13H2,1-3H3. The molecule has 0 heterocycles. The number of amides is 1. The van der Waals surface area contributed by atoms with Crippen molar-refractivity contribution in [2.45, 2.75) is 19.9 Å². The molecule has 4 nitrogen and oxygen atoms in total. The predicted molar refractivity (Wildman–Crippen MR) is 67.3 cm³/mol. The van der Waals surface area contributed by atoms with Crippen molar-refractivity contribution >= 4 is 17.3 Å². The lowest BCUT2D eigenvalue weighted by molar-refractivity contribution is -0.130. The number of likely N-dealkylation sites (N-methyl/N-ethyl adjacent to an activating group) is 1. The second kappa shape index (κ2) is 5.39. The zero-order valence-electron chi connectivity index (χ0n) is 10.0. The van der Waals surface area contributed by atoms with Gasteiger partial charge < -0.3 is 16.0 Å². The van der Waals surface area contributed by atoms with Gasteiger partial charge in [0, 0.05) is 13.6 Å². The highest BCUT2D eigenvalue weighted by atomic mass is 16.2. The molecule has 0 aromatic heterocycles. The lowest BCUT2D eigenvalue weighted by Gasteiger charge is -2.21. The number of hydrogen-bond donors (Lipinski definition) is 2. The Morgan fingerprint density at radius 3 is 2.69 bits per heavy atom. The van der Waals surface area contributed by atoms with Gasteiger partial charge in [-0.05, 0) is 26.0 Å². The molecule has 0 radical (unpaired) electrons. The zero-order chi connectivity index (χ0) is 12.1. The molecular formula is C12H19N3O. The maximum Gasteiger partial charge on any atom is 0.244 e. The van der Waals surface area contributed by atoms with Crippen LogP contribution in [0.2, 0.25) is 0 Å². The van der Waals surface area contributed by atoms with Gasteiger partial charge in [0.2, 0.25) is 5.91 Å². The van der Waals surface area contributed by atoms with Gasteiger partial charge in [-0.3, -0.25) is 4.79 Å². The lowest BCUT2D eigenvalue weighted by atomic mass is 10.2. The molecule has 88 valence electrons. The van der Waals surface area contributed by atoms with E-state index in [0.717, 1.165) is 5.69 Å². The topological polar surface area (TPSA) is 58.4 Å². The quantitative estimate of drug-likeness (QED) is 0.758. The smallest absolute Gasteiger partial charge is 0.244 e. The van der Waals surface area contributed by atoms with E-state index in [1.165, 1.54) is 0 Å². The minimum atomic E-state index is -0.269. The fourth-order valence-electron chi connectivity index (χ4n) is 1.41. The Labute approximate surface area is 96.4 Å². The van der Waals surface area contributed by atoms with Crippen LogP contribution in [-0.2, 0) is 4.79 Å². The predicted octanol–water partition coefficient (Wildman–Crippen LogP) is 1.55. The van der Waals surface area contributed by atoms with E-state index < -0.39 is 0 Å². The van der Waals surface area contributed by atoms with E-state index >= 15 is 0 Å². The highest BCUT2D eigenvalue weighted by molar-refractivity contribution is 5.85. The van der Waals surface area contributed by atoms with Gasteiger partial charge in [-0.1, -0.05) is 12.1 Å². The molecule has 1 aromatic rings. The van der Waals surface area contributed by atoms with Gasteiger partial charge >= 0.3 is 0 Å². The van der Waals surface area contributed by atoms with E-state index in [0.29, 0.717) is 12.2 Å². The average Bonchev–Trinajstić information content (AvgIpc) is 2.30. The number of nitrogens with zero attached hydrogens (tertiary/aromatic N) is 1. The molecule has 0 fully saturated rings. The maximum absolute atomic E-state index is 11.8. The Kier molecular flexibility index (Phi) is 4.17. The number of carbonyl (C=O) groups is 1. The Bertz CT molecular complexity index is 365. The van der Waals surface area contributed by atoms with Crippen molar-refractivity contribution < 1.29 is 4.79 Å². The van der Waals surface area contributed by atoms with E-state index in [4.69, 9.17) is 5.73 Å². The van der Waals surface area contributed by atoms with Crippen LogP contribution in [0, 0.1) is 0 Å².